The van der Waals surface area contributed by atoms with Crippen LogP contribution in [0, 0.1) is 0 Å². The van der Waals surface area contributed by atoms with E-state index >= 15 is 0 Å². The fraction of sp³-hybridized carbons (Fsp3) is 0.714. The first-order chi connectivity index (χ1) is 10.6. The van der Waals surface area contributed by atoms with Crippen molar-refractivity contribution in [1.29, 1.82) is 0 Å². The van der Waals surface area contributed by atoms with E-state index in [-0.39, 0.29) is 36.5 Å². The fourth-order valence-corrected chi connectivity index (χ4v) is 2.58. The molecular weight excluding hydrogens is 288 g/mol. The third kappa shape index (κ3) is 4.71. The standard InChI is InChI=1S/C14H22N4O4/c19-11(17-9-3-1-7-15-13(9)21)5-6-12(20)18-10-4-2-8-16-14(10)22/h9-10H,1-8H2,(H,15,21)(H,16,22)(H,17,19)(H,18,20)/t9-,10-/m1/s1. The Balaban J connectivity index is 1.68. The Morgan fingerprint density at radius 1 is 0.864 bits per heavy atom. The van der Waals surface area contributed by atoms with Crippen molar-refractivity contribution in [3.8, 4) is 0 Å². The summed E-state index contributed by atoms with van der Waals surface area (Å²) >= 11 is 0. The van der Waals surface area contributed by atoms with Gasteiger partial charge in [-0.2, -0.15) is 0 Å². The summed E-state index contributed by atoms with van der Waals surface area (Å²) in [6.07, 6.45) is 2.90. The van der Waals surface area contributed by atoms with Crippen molar-refractivity contribution in [3.05, 3.63) is 0 Å². The second-order valence-electron chi connectivity index (χ2n) is 5.61. The van der Waals surface area contributed by atoms with Gasteiger partial charge in [-0.1, -0.05) is 0 Å². The number of amides is 4. The zero-order chi connectivity index (χ0) is 15.9. The first-order valence-corrected chi connectivity index (χ1v) is 7.70. The van der Waals surface area contributed by atoms with E-state index in [0.29, 0.717) is 25.9 Å². The van der Waals surface area contributed by atoms with Crippen molar-refractivity contribution in [1.82, 2.24) is 21.3 Å². The van der Waals surface area contributed by atoms with Crippen molar-refractivity contribution in [3.63, 3.8) is 0 Å². The third-order valence-corrected chi connectivity index (χ3v) is 3.82. The summed E-state index contributed by atoms with van der Waals surface area (Å²) in [7, 11) is 0. The Morgan fingerprint density at radius 3 is 1.64 bits per heavy atom. The quantitative estimate of drug-likeness (QED) is 0.497. The molecule has 0 radical (unpaired) electrons. The molecule has 122 valence electrons. The molecule has 2 heterocycles. The van der Waals surface area contributed by atoms with E-state index in [1.165, 1.54) is 0 Å². The first-order valence-electron chi connectivity index (χ1n) is 7.70. The summed E-state index contributed by atoms with van der Waals surface area (Å²) in [6, 6.07) is -1.01. The maximum absolute atomic E-state index is 11.8. The van der Waals surface area contributed by atoms with Crippen LogP contribution in [0.5, 0.6) is 0 Å². The van der Waals surface area contributed by atoms with Crippen molar-refractivity contribution >= 4 is 23.6 Å². The normalized spacial score (nSPS) is 24.9. The summed E-state index contributed by atoms with van der Waals surface area (Å²) in [5.41, 5.74) is 0. The van der Waals surface area contributed by atoms with Crippen LogP contribution >= 0.6 is 0 Å². The largest absolute Gasteiger partial charge is 0.354 e. The van der Waals surface area contributed by atoms with Crippen LogP contribution in [0.15, 0.2) is 0 Å². The van der Waals surface area contributed by atoms with Gasteiger partial charge in [0.2, 0.25) is 23.6 Å². The molecule has 2 rings (SSSR count). The predicted molar refractivity (Wildman–Crippen MR) is 77.6 cm³/mol. The Labute approximate surface area is 128 Å². The van der Waals surface area contributed by atoms with E-state index in [0.717, 1.165) is 12.8 Å². The molecule has 2 atom stereocenters. The maximum atomic E-state index is 11.8. The molecule has 0 spiro atoms. The molecule has 8 nitrogen and oxygen atoms in total. The van der Waals surface area contributed by atoms with Crippen LogP contribution in [0.3, 0.4) is 0 Å². The summed E-state index contributed by atoms with van der Waals surface area (Å²) in [4.78, 5) is 46.6. The molecule has 2 fully saturated rings. The van der Waals surface area contributed by atoms with E-state index < -0.39 is 12.1 Å². The molecule has 0 bridgehead atoms. The average Bonchev–Trinajstić information content (AvgIpc) is 2.50. The minimum Gasteiger partial charge on any atom is -0.354 e. The van der Waals surface area contributed by atoms with Gasteiger partial charge in [0.25, 0.3) is 0 Å². The van der Waals surface area contributed by atoms with E-state index in [2.05, 4.69) is 21.3 Å². The number of rotatable bonds is 5. The number of carbonyl (C=O) groups excluding carboxylic acids is 4. The number of hydrogen-bond acceptors (Lipinski definition) is 4. The van der Waals surface area contributed by atoms with Crippen molar-refractivity contribution in [2.24, 2.45) is 0 Å². The van der Waals surface area contributed by atoms with E-state index in [1.54, 1.807) is 0 Å². The third-order valence-electron chi connectivity index (χ3n) is 3.82. The van der Waals surface area contributed by atoms with Gasteiger partial charge in [-0.3, -0.25) is 19.2 Å². The van der Waals surface area contributed by atoms with Crippen LogP contribution in [0.2, 0.25) is 0 Å². The molecule has 0 aliphatic carbocycles. The molecule has 4 N–H and O–H groups in total. The van der Waals surface area contributed by atoms with Gasteiger partial charge in [-0.25, -0.2) is 0 Å². The highest BCUT2D eigenvalue weighted by atomic mass is 16.2. The number of nitrogens with one attached hydrogen (secondary N) is 4. The summed E-state index contributed by atoms with van der Waals surface area (Å²) in [5.74, 6) is -1.01. The second kappa shape index (κ2) is 7.77. The molecule has 2 aliphatic rings. The van der Waals surface area contributed by atoms with Gasteiger partial charge in [-0.05, 0) is 25.7 Å². The van der Waals surface area contributed by atoms with Crippen LogP contribution in [-0.2, 0) is 19.2 Å². The van der Waals surface area contributed by atoms with Crippen molar-refractivity contribution in [2.45, 2.75) is 50.6 Å². The highest BCUT2D eigenvalue weighted by Gasteiger charge is 2.25. The molecule has 4 amide bonds. The molecule has 0 aromatic heterocycles. The number of piperidine rings is 2. The summed E-state index contributed by atoms with van der Waals surface area (Å²) in [6.45, 7) is 1.27. The van der Waals surface area contributed by atoms with Crippen LogP contribution in [0.1, 0.15) is 38.5 Å². The summed E-state index contributed by atoms with van der Waals surface area (Å²) in [5, 5.41) is 10.6. The number of carbonyl (C=O) groups is 4. The minimum atomic E-state index is -0.506. The second-order valence-corrected chi connectivity index (χ2v) is 5.61. The lowest BCUT2D eigenvalue weighted by Crippen LogP contribution is -2.51. The minimum absolute atomic E-state index is 0.00392. The lowest BCUT2D eigenvalue weighted by Gasteiger charge is -2.23. The molecular formula is C14H22N4O4. The molecule has 22 heavy (non-hydrogen) atoms. The van der Waals surface area contributed by atoms with Crippen LogP contribution in [-0.4, -0.2) is 48.8 Å². The van der Waals surface area contributed by atoms with Gasteiger partial charge in [0.1, 0.15) is 12.1 Å². The highest BCUT2D eigenvalue weighted by Crippen LogP contribution is 2.05. The average molecular weight is 310 g/mol. The van der Waals surface area contributed by atoms with Gasteiger partial charge in [0.05, 0.1) is 0 Å². The van der Waals surface area contributed by atoms with Crippen LogP contribution in [0.4, 0.5) is 0 Å². The maximum Gasteiger partial charge on any atom is 0.242 e. The predicted octanol–water partition coefficient (Wildman–Crippen LogP) is -1.44. The lowest BCUT2D eigenvalue weighted by molar-refractivity contribution is -0.132. The molecule has 0 unspecified atom stereocenters. The van der Waals surface area contributed by atoms with Crippen LogP contribution in [0.25, 0.3) is 0 Å². The molecule has 8 heteroatoms. The Hall–Kier alpha value is -2.12. The van der Waals surface area contributed by atoms with Gasteiger partial charge in [-0.15, -0.1) is 0 Å². The Kier molecular flexibility index (Phi) is 5.74. The molecule has 0 aromatic carbocycles. The van der Waals surface area contributed by atoms with E-state index in [1.807, 2.05) is 0 Å². The molecule has 0 aromatic rings. The van der Waals surface area contributed by atoms with E-state index in [9.17, 15) is 19.2 Å². The van der Waals surface area contributed by atoms with Gasteiger partial charge in [0.15, 0.2) is 0 Å². The van der Waals surface area contributed by atoms with Crippen LogP contribution < -0.4 is 21.3 Å². The number of hydrogen-bond donors (Lipinski definition) is 4. The molecule has 2 saturated heterocycles. The first kappa shape index (κ1) is 16.3. The lowest BCUT2D eigenvalue weighted by atomic mass is 10.1. The van der Waals surface area contributed by atoms with Gasteiger partial charge in [0, 0.05) is 25.9 Å². The monoisotopic (exact) mass is 310 g/mol. The highest BCUT2D eigenvalue weighted by molar-refractivity contribution is 5.91. The fourth-order valence-electron chi connectivity index (χ4n) is 2.58. The van der Waals surface area contributed by atoms with E-state index in [4.69, 9.17) is 0 Å². The van der Waals surface area contributed by atoms with Crippen molar-refractivity contribution < 1.29 is 19.2 Å². The zero-order valence-corrected chi connectivity index (χ0v) is 12.4. The zero-order valence-electron chi connectivity index (χ0n) is 12.4. The topological polar surface area (TPSA) is 116 Å². The molecule has 0 saturated carbocycles. The SMILES string of the molecule is O=C(CCC(=O)N[C@@H]1CCCNC1=O)N[C@@H]1CCCNC1=O. The summed E-state index contributed by atoms with van der Waals surface area (Å²) < 4.78 is 0. The van der Waals surface area contributed by atoms with Gasteiger partial charge >= 0.3 is 0 Å². The van der Waals surface area contributed by atoms with Crippen molar-refractivity contribution in [2.75, 3.05) is 13.1 Å². The Morgan fingerprint density at radius 2 is 1.27 bits per heavy atom. The smallest absolute Gasteiger partial charge is 0.242 e. The Bertz CT molecular complexity index is 424. The van der Waals surface area contributed by atoms with Gasteiger partial charge < -0.3 is 21.3 Å². The molecule has 2 aliphatic heterocycles.